The predicted molar refractivity (Wildman–Crippen MR) is 96.6 cm³/mol. The maximum Gasteiger partial charge on any atom is 0.137 e. The number of ether oxygens (including phenoxy) is 1. The van der Waals surface area contributed by atoms with E-state index in [9.17, 15) is 4.39 Å². The molecule has 1 aromatic heterocycles. The third-order valence-electron chi connectivity index (χ3n) is 3.68. The van der Waals surface area contributed by atoms with Crippen LogP contribution in [-0.2, 0) is 11.3 Å². The van der Waals surface area contributed by atoms with Crippen molar-refractivity contribution in [3.8, 4) is 11.8 Å². The summed E-state index contributed by atoms with van der Waals surface area (Å²) in [5, 5.41) is 4.25. The summed E-state index contributed by atoms with van der Waals surface area (Å²) in [7, 11) is 1.61. The second-order valence-corrected chi connectivity index (χ2v) is 5.45. The van der Waals surface area contributed by atoms with Crippen LogP contribution in [0.15, 0.2) is 48.8 Å². The Morgan fingerprint density at radius 3 is 2.92 bits per heavy atom. The lowest BCUT2D eigenvalue weighted by Gasteiger charge is -2.06. The van der Waals surface area contributed by atoms with E-state index in [1.54, 1.807) is 19.5 Å². The highest BCUT2D eigenvalue weighted by atomic mass is 19.1. The van der Waals surface area contributed by atoms with Gasteiger partial charge >= 0.3 is 0 Å². The second-order valence-electron chi connectivity index (χ2n) is 5.45. The smallest absolute Gasteiger partial charge is 0.137 e. The molecule has 0 unspecified atom stereocenters. The maximum absolute atomic E-state index is 13.4. The molecule has 0 aliphatic rings. The van der Waals surface area contributed by atoms with Gasteiger partial charge in [0.2, 0.25) is 0 Å². The Labute approximate surface area is 146 Å². The Balaban J connectivity index is 1.64. The van der Waals surface area contributed by atoms with Crippen molar-refractivity contribution in [2.75, 3.05) is 19.0 Å². The first kappa shape index (κ1) is 16.9. The minimum Gasteiger partial charge on any atom is -0.380 e. The van der Waals surface area contributed by atoms with Gasteiger partial charge in [-0.3, -0.25) is 0 Å². The molecule has 0 fully saturated rings. The van der Waals surface area contributed by atoms with Gasteiger partial charge < -0.3 is 10.1 Å². The van der Waals surface area contributed by atoms with E-state index in [0.29, 0.717) is 25.1 Å². The summed E-state index contributed by atoms with van der Waals surface area (Å²) in [6.45, 7) is 1.05. The molecule has 0 amide bonds. The topological polar surface area (TPSA) is 47.0 Å². The zero-order valence-corrected chi connectivity index (χ0v) is 13.9. The first-order valence-corrected chi connectivity index (χ1v) is 7.98. The summed E-state index contributed by atoms with van der Waals surface area (Å²) in [5.41, 5.74) is 2.44. The molecule has 0 saturated carbocycles. The molecule has 0 bridgehead atoms. The average Bonchev–Trinajstić information content (AvgIpc) is 2.64. The van der Waals surface area contributed by atoms with Crippen LogP contribution in [0.25, 0.3) is 10.9 Å². The van der Waals surface area contributed by atoms with E-state index >= 15 is 0 Å². The van der Waals surface area contributed by atoms with E-state index in [1.807, 2.05) is 24.3 Å². The highest BCUT2D eigenvalue weighted by molar-refractivity contribution is 5.88. The van der Waals surface area contributed by atoms with Crippen molar-refractivity contribution in [1.82, 2.24) is 9.97 Å². The van der Waals surface area contributed by atoms with E-state index in [2.05, 4.69) is 27.1 Å². The number of methoxy groups -OCH3 is 1. The Bertz CT molecular complexity index is 926. The third-order valence-corrected chi connectivity index (χ3v) is 3.68. The average molecular weight is 335 g/mol. The fraction of sp³-hybridized carbons (Fsp3) is 0.200. The van der Waals surface area contributed by atoms with Gasteiger partial charge in [0.05, 0.1) is 12.1 Å². The molecule has 3 rings (SSSR count). The normalized spacial score (nSPS) is 10.3. The van der Waals surface area contributed by atoms with Gasteiger partial charge in [0.15, 0.2) is 0 Å². The van der Waals surface area contributed by atoms with Crippen molar-refractivity contribution in [3.63, 3.8) is 0 Å². The molecule has 5 heteroatoms. The number of benzene rings is 2. The van der Waals surface area contributed by atoms with Crippen LogP contribution >= 0.6 is 0 Å². The van der Waals surface area contributed by atoms with Crippen LogP contribution in [-0.4, -0.2) is 23.6 Å². The molecule has 1 N–H and O–H groups in total. The van der Waals surface area contributed by atoms with Crippen molar-refractivity contribution in [1.29, 1.82) is 0 Å². The largest absolute Gasteiger partial charge is 0.380 e. The number of nitrogens with one attached hydrogen (secondary N) is 1. The number of fused-ring (bicyclic) bond motifs is 1. The lowest BCUT2D eigenvalue weighted by atomic mass is 10.1. The molecule has 0 spiro atoms. The molecule has 1 heterocycles. The number of nitrogens with zero attached hydrogens (tertiary/aromatic N) is 2. The molecular weight excluding hydrogens is 317 g/mol. The number of halogens is 1. The summed E-state index contributed by atoms with van der Waals surface area (Å²) in [6.07, 6.45) is 2.15. The Kier molecular flexibility index (Phi) is 5.55. The molecular formula is C20H18FN3O. The van der Waals surface area contributed by atoms with Gasteiger partial charge in [0.1, 0.15) is 18.0 Å². The summed E-state index contributed by atoms with van der Waals surface area (Å²) < 4.78 is 18.5. The predicted octanol–water partition coefficient (Wildman–Crippen LogP) is 3.77. The number of rotatable bonds is 5. The highest BCUT2D eigenvalue weighted by Crippen LogP contribution is 2.18. The quantitative estimate of drug-likeness (QED) is 0.569. The molecule has 3 aromatic rings. The number of hydrogen-bond donors (Lipinski definition) is 1. The van der Waals surface area contributed by atoms with E-state index in [4.69, 9.17) is 4.74 Å². The van der Waals surface area contributed by atoms with Crippen molar-refractivity contribution in [2.24, 2.45) is 0 Å². The third kappa shape index (κ3) is 4.31. The lowest BCUT2D eigenvalue weighted by Crippen LogP contribution is -2.03. The minimum atomic E-state index is -0.297. The van der Waals surface area contributed by atoms with Gasteiger partial charge in [0.25, 0.3) is 0 Å². The monoisotopic (exact) mass is 335 g/mol. The molecule has 0 saturated heterocycles. The molecule has 0 radical (unpaired) electrons. The van der Waals surface area contributed by atoms with E-state index < -0.39 is 0 Å². The van der Waals surface area contributed by atoms with Crippen molar-refractivity contribution < 1.29 is 9.13 Å². The standard InChI is InChI=1S/C20H18FN3O/c1-25-13-16-9-10-17(21)12-15(16)6-4-5-11-22-20-18-7-2-3-8-19(18)23-14-24-20/h2-3,7-10,12,14H,5,11,13H2,1H3,(H,22,23,24). The van der Waals surface area contributed by atoms with E-state index in [1.165, 1.54) is 12.1 Å². The lowest BCUT2D eigenvalue weighted by molar-refractivity contribution is 0.184. The van der Waals surface area contributed by atoms with Gasteiger partial charge in [0, 0.05) is 31.0 Å². The van der Waals surface area contributed by atoms with Crippen LogP contribution in [0.2, 0.25) is 0 Å². The number of aromatic nitrogens is 2. The van der Waals surface area contributed by atoms with Crippen LogP contribution in [0.1, 0.15) is 17.5 Å². The molecule has 0 atom stereocenters. The molecule has 25 heavy (non-hydrogen) atoms. The summed E-state index contributed by atoms with van der Waals surface area (Å²) in [6, 6.07) is 12.4. The van der Waals surface area contributed by atoms with Crippen LogP contribution in [0.4, 0.5) is 10.2 Å². The zero-order valence-electron chi connectivity index (χ0n) is 13.9. The van der Waals surface area contributed by atoms with Gasteiger partial charge in [-0.05, 0) is 29.8 Å². The first-order valence-electron chi connectivity index (χ1n) is 7.98. The van der Waals surface area contributed by atoms with Crippen molar-refractivity contribution >= 4 is 16.7 Å². The van der Waals surface area contributed by atoms with Gasteiger partial charge in [-0.2, -0.15) is 0 Å². The van der Waals surface area contributed by atoms with Crippen LogP contribution in [0, 0.1) is 17.7 Å². The Hall–Kier alpha value is -2.97. The van der Waals surface area contributed by atoms with E-state index in [0.717, 1.165) is 22.3 Å². The summed E-state index contributed by atoms with van der Waals surface area (Å²) >= 11 is 0. The summed E-state index contributed by atoms with van der Waals surface area (Å²) in [5.74, 6) is 6.58. The minimum absolute atomic E-state index is 0.297. The number of hydrogen-bond acceptors (Lipinski definition) is 4. The van der Waals surface area contributed by atoms with Gasteiger partial charge in [-0.25, -0.2) is 14.4 Å². The Morgan fingerprint density at radius 2 is 2.04 bits per heavy atom. The number of para-hydroxylation sites is 1. The van der Waals surface area contributed by atoms with Crippen LogP contribution < -0.4 is 5.32 Å². The second kappa shape index (κ2) is 8.22. The Morgan fingerprint density at radius 1 is 1.16 bits per heavy atom. The van der Waals surface area contributed by atoms with Crippen molar-refractivity contribution in [2.45, 2.75) is 13.0 Å². The van der Waals surface area contributed by atoms with E-state index in [-0.39, 0.29) is 5.82 Å². The molecule has 126 valence electrons. The van der Waals surface area contributed by atoms with Gasteiger partial charge in [-0.1, -0.05) is 30.0 Å². The molecule has 0 aliphatic carbocycles. The van der Waals surface area contributed by atoms with Crippen LogP contribution in [0.3, 0.4) is 0 Å². The SMILES string of the molecule is COCc1ccc(F)cc1C#CCCNc1ncnc2ccccc12. The molecule has 0 aliphatic heterocycles. The maximum atomic E-state index is 13.4. The zero-order chi connectivity index (χ0) is 17.5. The number of anilines is 1. The summed E-state index contributed by atoms with van der Waals surface area (Å²) in [4.78, 5) is 8.51. The van der Waals surface area contributed by atoms with Gasteiger partial charge in [-0.15, -0.1) is 0 Å². The van der Waals surface area contributed by atoms with Crippen molar-refractivity contribution in [3.05, 3.63) is 65.7 Å². The fourth-order valence-electron chi connectivity index (χ4n) is 2.49. The first-order chi connectivity index (χ1) is 12.3. The fourth-order valence-corrected chi connectivity index (χ4v) is 2.49. The highest BCUT2D eigenvalue weighted by Gasteiger charge is 2.02. The van der Waals surface area contributed by atoms with Crippen LogP contribution in [0.5, 0.6) is 0 Å². The molecule has 2 aromatic carbocycles. The molecule has 4 nitrogen and oxygen atoms in total.